The van der Waals surface area contributed by atoms with Crippen molar-refractivity contribution in [2.24, 2.45) is 0 Å². The van der Waals surface area contributed by atoms with Gasteiger partial charge < -0.3 is 10.2 Å². The Balaban J connectivity index is 3.16. The summed E-state index contributed by atoms with van der Waals surface area (Å²) < 4.78 is 0. The lowest BCUT2D eigenvalue weighted by Gasteiger charge is -2.03. The number of carbonyl (C=O) groups is 2. The van der Waals surface area contributed by atoms with E-state index >= 15 is 0 Å². The van der Waals surface area contributed by atoms with Crippen LogP contribution in [0.15, 0.2) is 36.4 Å². The number of rotatable bonds is 4. The zero-order valence-corrected chi connectivity index (χ0v) is 10.4. The van der Waals surface area contributed by atoms with Gasteiger partial charge in [-0.3, -0.25) is 0 Å². The van der Waals surface area contributed by atoms with Gasteiger partial charge in [-0.2, -0.15) is 0 Å². The Morgan fingerprint density at radius 3 is 2.28 bits per heavy atom. The molecule has 18 heavy (non-hydrogen) atoms. The fourth-order valence-corrected chi connectivity index (χ4v) is 1.48. The Morgan fingerprint density at radius 2 is 1.78 bits per heavy atom. The number of benzene rings is 1. The molecule has 94 valence electrons. The molecule has 0 bridgehead atoms. The molecule has 0 amide bonds. The summed E-state index contributed by atoms with van der Waals surface area (Å²) in [6.07, 6.45) is 3.14. The molecule has 0 fully saturated rings. The van der Waals surface area contributed by atoms with Crippen molar-refractivity contribution in [1.29, 1.82) is 0 Å². The molecule has 0 aliphatic carbocycles. The lowest BCUT2D eigenvalue weighted by Crippen LogP contribution is -1.99. The van der Waals surface area contributed by atoms with Crippen LogP contribution in [0.4, 0.5) is 0 Å². The predicted molar refractivity (Wildman–Crippen MR) is 68.9 cm³/mol. The van der Waals surface area contributed by atoms with Gasteiger partial charge in [0.2, 0.25) is 0 Å². The minimum atomic E-state index is -1.19. The molecule has 1 aromatic rings. The van der Waals surface area contributed by atoms with Gasteiger partial charge >= 0.3 is 11.9 Å². The molecule has 0 aliphatic heterocycles. The highest BCUT2D eigenvalue weighted by Crippen LogP contribution is 2.26. The first-order chi connectivity index (χ1) is 8.41. The van der Waals surface area contributed by atoms with E-state index in [-0.39, 0.29) is 10.6 Å². The quantitative estimate of drug-likeness (QED) is 0.659. The zero-order valence-electron chi connectivity index (χ0n) is 8.93. The Hall–Kier alpha value is -1.78. The Bertz CT molecular complexity index is 547. The first-order valence-corrected chi connectivity index (χ1v) is 5.47. The summed E-state index contributed by atoms with van der Waals surface area (Å²) in [6.45, 7) is 0. The summed E-state index contributed by atoms with van der Waals surface area (Å²) in [4.78, 5) is 21.3. The third-order valence-electron chi connectivity index (χ3n) is 1.96. The molecule has 0 aromatic heterocycles. The first-order valence-electron chi connectivity index (χ1n) is 4.72. The van der Waals surface area contributed by atoms with Gasteiger partial charge in [0.05, 0.1) is 15.6 Å². The molecular formula is C12H8Cl2O4. The van der Waals surface area contributed by atoms with Gasteiger partial charge in [0, 0.05) is 6.08 Å². The molecule has 2 N–H and O–H groups in total. The molecule has 0 atom stereocenters. The van der Waals surface area contributed by atoms with Crippen molar-refractivity contribution in [2.75, 3.05) is 0 Å². The molecule has 0 aliphatic rings. The maximum absolute atomic E-state index is 11.0. The fourth-order valence-electron chi connectivity index (χ4n) is 1.18. The standard InChI is InChI=1S/C12H8Cl2O4/c13-9-5-4-7(6-10(9)14)8(12(17)18)2-1-3-11(15)16/h1-6H,(H,15,16)(H,17,18). The summed E-state index contributed by atoms with van der Waals surface area (Å²) in [5.74, 6) is -2.35. The van der Waals surface area contributed by atoms with Gasteiger partial charge in [-0.1, -0.05) is 35.3 Å². The number of hydrogen-bond donors (Lipinski definition) is 2. The maximum Gasteiger partial charge on any atom is 0.336 e. The SMILES string of the molecule is O=C(O)C=CC=C(C(=O)O)c1ccc(Cl)c(Cl)c1. The van der Waals surface area contributed by atoms with Crippen molar-refractivity contribution < 1.29 is 19.8 Å². The van der Waals surface area contributed by atoms with Gasteiger partial charge in [0.15, 0.2) is 0 Å². The largest absolute Gasteiger partial charge is 0.478 e. The lowest BCUT2D eigenvalue weighted by atomic mass is 10.1. The second-order valence-electron chi connectivity index (χ2n) is 3.21. The van der Waals surface area contributed by atoms with Gasteiger partial charge in [0.25, 0.3) is 0 Å². The molecular weight excluding hydrogens is 279 g/mol. The van der Waals surface area contributed by atoms with Crippen LogP contribution >= 0.6 is 23.2 Å². The van der Waals surface area contributed by atoms with Crippen LogP contribution < -0.4 is 0 Å². The van der Waals surface area contributed by atoms with Crippen molar-refractivity contribution in [3.05, 3.63) is 52.0 Å². The highest BCUT2D eigenvalue weighted by atomic mass is 35.5. The third-order valence-corrected chi connectivity index (χ3v) is 2.70. The molecule has 0 unspecified atom stereocenters. The van der Waals surface area contributed by atoms with Crippen molar-refractivity contribution in [3.8, 4) is 0 Å². The fraction of sp³-hybridized carbons (Fsp3) is 0. The van der Waals surface area contributed by atoms with E-state index in [1.807, 2.05) is 0 Å². The maximum atomic E-state index is 11.0. The van der Waals surface area contributed by atoms with Gasteiger partial charge in [-0.25, -0.2) is 9.59 Å². The number of halogens is 2. The van der Waals surface area contributed by atoms with E-state index in [0.717, 1.165) is 12.2 Å². The van der Waals surface area contributed by atoms with Crippen LogP contribution in [0.3, 0.4) is 0 Å². The topological polar surface area (TPSA) is 74.6 Å². The monoisotopic (exact) mass is 286 g/mol. The molecule has 0 saturated carbocycles. The highest BCUT2D eigenvalue weighted by molar-refractivity contribution is 6.42. The zero-order chi connectivity index (χ0) is 13.7. The van der Waals surface area contributed by atoms with Crippen LogP contribution in [0.5, 0.6) is 0 Å². The van der Waals surface area contributed by atoms with E-state index < -0.39 is 11.9 Å². The number of hydrogen-bond acceptors (Lipinski definition) is 2. The van der Waals surface area contributed by atoms with Crippen LogP contribution in [0, 0.1) is 0 Å². The van der Waals surface area contributed by atoms with Crippen LogP contribution in [0.25, 0.3) is 5.57 Å². The molecule has 0 heterocycles. The second kappa shape index (κ2) is 6.23. The van der Waals surface area contributed by atoms with Crippen molar-refractivity contribution in [3.63, 3.8) is 0 Å². The van der Waals surface area contributed by atoms with E-state index in [4.69, 9.17) is 33.4 Å². The molecule has 0 radical (unpaired) electrons. The van der Waals surface area contributed by atoms with Crippen molar-refractivity contribution in [1.82, 2.24) is 0 Å². The average molecular weight is 287 g/mol. The number of allylic oxidation sites excluding steroid dienone is 2. The summed E-state index contributed by atoms with van der Waals surface area (Å²) in [7, 11) is 0. The third kappa shape index (κ3) is 3.91. The van der Waals surface area contributed by atoms with Gasteiger partial charge in [-0.15, -0.1) is 0 Å². The van der Waals surface area contributed by atoms with Crippen LogP contribution in [-0.2, 0) is 9.59 Å². The smallest absolute Gasteiger partial charge is 0.336 e. The number of carboxylic acids is 2. The molecule has 0 spiro atoms. The summed E-state index contributed by atoms with van der Waals surface area (Å²) in [6, 6.07) is 4.36. The highest BCUT2D eigenvalue weighted by Gasteiger charge is 2.10. The molecule has 1 aromatic carbocycles. The van der Waals surface area contributed by atoms with E-state index in [9.17, 15) is 9.59 Å². The molecule has 6 heteroatoms. The van der Waals surface area contributed by atoms with Crippen LogP contribution in [0.2, 0.25) is 10.0 Å². The number of carboxylic acid groups (broad SMARTS) is 2. The van der Waals surface area contributed by atoms with Crippen molar-refractivity contribution >= 4 is 40.7 Å². The summed E-state index contributed by atoms with van der Waals surface area (Å²) >= 11 is 11.5. The number of aliphatic carboxylic acids is 2. The Labute approximate surface area is 113 Å². The summed E-state index contributed by atoms with van der Waals surface area (Å²) in [5.41, 5.74) is 0.262. The average Bonchev–Trinajstić information content (AvgIpc) is 2.27. The molecule has 1 rings (SSSR count). The predicted octanol–water partition coefficient (Wildman–Crippen LogP) is 3.10. The van der Waals surface area contributed by atoms with Crippen molar-refractivity contribution in [2.45, 2.75) is 0 Å². The Kier molecular flexibility index (Phi) is 4.95. The molecule has 0 saturated heterocycles. The van der Waals surface area contributed by atoms with Gasteiger partial charge in [0.1, 0.15) is 0 Å². The van der Waals surface area contributed by atoms with E-state index in [0.29, 0.717) is 10.6 Å². The van der Waals surface area contributed by atoms with E-state index in [1.54, 1.807) is 0 Å². The lowest BCUT2D eigenvalue weighted by molar-refractivity contribution is -0.132. The van der Waals surface area contributed by atoms with Gasteiger partial charge in [-0.05, 0) is 23.8 Å². The minimum Gasteiger partial charge on any atom is -0.478 e. The second-order valence-corrected chi connectivity index (χ2v) is 4.03. The van der Waals surface area contributed by atoms with E-state index in [2.05, 4.69) is 0 Å². The van der Waals surface area contributed by atoms with Crippen LogP contribution in [-0.4, -0.2) is 22.2 Å². The first kappa shape index (κ1) is 14.3. The molecule has 4 nitrogen and oxygen atoms in total. The summed E-state index contributed by atoms with van der Waals surface area (Å²) in [5, 5.41) is 18.0. The normalized spacial score (nSPS) is 11.8. The van der Waals surface area contributed by atoms with E-state index in [1.165, 1.54) is 24.3 Å². The van der Waals surface area contributed by atoms with Crippen LogP contribution in [0.1, 0.15) is 5.56 Å². The minimum absolute atomic E-state index is 0.0777. The Morgan fingerprint density at radius 1 is 1.11 bits per heavy atom.